The molecular formula is C20H21N3O4. The first-order chi connectivity index (χ1) is 13.3. The molecule has 0 N–H and O–H groups in total. The van der Waals surface area contributed by atoms with Gasteiger partial charge in [0.05, 0.1) is 24.4 Å². The smallest absolute Gasteiger partial charge is 0.249 e. The van der Waals surface area contributed by atoms with E-state index in [4.69, 9.17) is 14.2 Å². The lowest BCUT2D eigenvalue weighted by Crippen LogP contribution is -2.53. The van der Waals surface area contributed by atoms with Crippen molar-refractivity contribution in [3.63, 3.8) is 0 Å². The van der Waals surface area contributed by atoms with E-state index < -0.39 is 0 Å². The van der Waals surface area contributed by atoms with E-state index in [2.05, 4.69) is 16.0 Å². The van der Waals surface area contributed by atoms with Gasteiger partial charge in [-0.1, -0.05) is 12.1 Å². The zero-order chi connectivity index (χ0) is 18.2. The van der Waals surface area contributed by atoms with Crippen LogP contribution in [0.5, 0.6) is 11.5 Å². The van der Waals surface area contributed by atoms with Gasteiger partial charge in [0, 0.05) is 25.8 Å². The third-order valence-electron chi connectivity index (χ3n) is 5.36. The summed E-state index contributed by atoms with van der Waals surface area (Å²) in [7, 11) is 0. The summed E-state index contributed by atoms with van der Waals surface area (Å²) in [6, 6.07) is 11.9. The van der Waals surface area contributed by atoms with Crippen molar-refractivity contribution in [2.45, 2.75) is 25.2 Å². The minimum absolute atomic E-state index is 0.0341. The van der Waals surface area contributed by atoms with Crippen LogP contribution in [0.2, 0.25) is 0 Å². The van der Waals surface area contributed by atoms with Crippen LogP contribution in [0.1, 0.15) is 11.3 Å². The number of nitrogens with zero attached hydrogens (tertiary/aromatic N) is 3. The van der Waals surface area contributed by atoms with Gasteiger partial charge >= 0.3 is 0 Å². The number of hydrogen-bond donors (Lipinski definition) is 0. The number of hydrogen-bond acceptors (Lipinski definition) is 6. The van der Waals surface area contributed by atoms with E-state index in [9.17, 15) is 4.79 Å². The Morgan fingerprint density at radius 1 is 1.07 bits per heavy atom. The van der Waals surface area contributed by atoms with E-state index in [1.54, 1.807) is 6.20 Å². The van der Waals surface area contributed by atoms with E-state index >= 15 is 0 Å². The summed E-state index contributed by atoms with van der Waals surface area (Å²) in [6.45, 7) is 3.35. The fourth-order valence-corrected chi connectivity index (χ4v) is 4.04. The minimum atomic E-state index is 0.0341. The number of rotatable bonds is 4. The molecule has 3 aliphatic rings. The number of benzene rings is 1. The van der Waals surface area contributed by atoms with Gasteiger partial charge in [-0.05, 0) is 29.8 Å². The molecule has 2 saturated heterocycles. The van der Waals surface area contributed by atoms with Crippen molar-refractivity contribution >= 4 is 5.91 Å². The van der Waals surface area contributed by atoms with Crippen LogP contribution in [0.15, 0.2) is 42.6 Å². The van der Waals surface area contributed by atoms with Crippen molar-refractivity contribution in [3.8, 4) is 11.5 Å². The van der Waals surface area contributed by atoms with Gasteiger partial charge in [-0.2, -0.15) is 0 Å². The monoisotopic (exact) mass is 367 g/mol. The maximum absolute atomic E-state index is 12.5. The Morgan fingerprint density at radius 2 is 2.00 bits per heavy atom. The largest absolute Gasteiger partial charge is 0.454 e. The molecule has 3 aliphatic heterocycles. The summed E-state index contributed by atoms with van der Waals surface area (Å²) in [5.41, 5.74) is 2.07. The molecule has 0 spiro atoms. The second-order valence-electron chi connectivity index (χ2n) is 7.14. The van der Waals surface area contributed by atoms with Crippen molar-refractivity contribution in [3.05, 3.63) is 53.9 Å². The van der Waals surface area contributed by atoms with Gasteiger partial charge in [0.25, 0.3) is 0 Å². The van der Waals surface area contributed by atoms with E-state index in [0.29, 0.717) is 6.54 Å². The average molecular weight is 367 g/mol. The summed E-state index contributed by atoms with van der Waals surface area (Å²) in [5, 5.41) is 0. The van der Waals surface area contributed by atoms with Gasteiger partial charge < -0.3 is 19.1 Å². The zero-order valence-corrected chi connectivity index (χ0v) is 14.9. The molecule has 0 unspecified atom stereocenters. The van der Waals surface area contributed by atoms with Crippen LogP contribution in [0.25, 0.3) is 0 Å². The average Bonchev–Trinajstić information content (AvgIpc) is 3.31. The highest BCUT2D eigenvalue weighted by molar-refractivity contribution is 5.78. The Morgan fingerprint density at radius 3 is 2.89 bits per heavy atom. The minimum Gasteiger partial charge on any atom is -0.454 e. The number of aromatic nitrogens is 1. The predicted molar refractivity (Wildman–Crippen MR) is 96.2 cm³/mol. The molecule has 1 amide bonds. The van der Waals surface area contributed by atoms with Crippen LogP contribution in [0.4, 0.5) is 0 Å². The lowest BCUT2D eigenvalue weighted by Gasteiger charge is -2.36. The molecule has 4 heterocycles. The molecule has 1 aromatic heterocycles. The normalized spacial score (nSPS) is 24.3. The molecule has 0 bridgehead atoms. The van der Waals surface area contributed by atoms with E-state index in [1.165, 1.54) is 5.56 Å². The molecule has 0 saturated carbocycles. The third-order valence-corrected chi connectivity index (χ3v) is 5.36. The van der Waals surface area contributed by atoms with Crippen molar-refractivity contribution < 1.29 is 19.0 Å². The maximum atomic E-state index is 12.5. The van der Waals surface area contributed by atoms with Crippen molar-refractivity contribution in [2.75, 3.05) is 26.5 Å². The number of amides is 1. The molecule has 7 nitrogen and oxygen atoms in total. The molecule has 5 rings (SSSR count). The van der Waals surface area contributed by atoms with Gasteiger partial charge in [-0.15, -0.1) is 0 Å². The van der Waals surface area contributed by atoms with Crippen molar-refractivity contribution in [1.82, 2.24) is 14.8 Å². The van der Waals surface area contributed by atoms with E-state index in [-0.39, 0.29) is 31.5 Å². The molecule has 2 fully saturated rings. The first kappa shape index (κ1) is 16.5. The molecule has 7 heteroatoms. The van der Waals surface area contributed by atoms with Gasteiger partial charge in [0.1, 0.15) is 6.61 Å². The Bertz CT molecular complexity index is 844. The van der Waals surface area contributed by atoms with Crippen LogP contribution in [0.3, 0.4) is 0 Å². The quantitative estimate of drug-likeness (QED) is 0.815. The van der Waals surface area contributed by atoms with E-state index in [0.717, 1.165) is 36.8 Å². The molecule has 27 heavy (non-hydrogen) atoms. The molecule has 2 atom stereocenters. The summed E-state index contributed by atoms with van der Waals surface area (Å²) < 4.78 is 16.7. The number of carbonyl (C=O) groups is 1. The van der Waals surface area contributed by atoms with Gasteiger partial charge in [0.15, 0.2) is 11.5 Å². The number of pyridine rings is 1. The molecule has 1 aromatic carbocycles. The highest BCUT2D eigenvalue weighted by atomic mass is 16.7. The highest BCUT2D eigenvalue weighted by Gasteiger charge is 2.43. The van der Waals surface area contributed by atoms with Crippen LogP contribution in [-0.2, 0) is 22.6 Å². The van der Waals surface area contributed by atoms with E-state index in [1.807, 2.05) is 35.2 Å². The summed E-state index contributed by atoms with van der Waals surface area (Å²) in [6.07, 6.45) is 1.80. The zero-order valence-electron chi connectivity index (χ0n) is 14.9. The number of ether oxygens (including phenoxy) is 3. The standard InChI is InChI=1S/C20H21N3O4/c24-20-12-25-19-11-22(8-14-4-5-17-18(7-14)27-13-26-17)10-16(19)23(20)9-15-3-1-2-6-21-15/h1-7,16,19H,8-13H2/t16-,19+/m1/s1. The van der Waals surface area contributed by atoms with Gasteiger partial charge in [0.2, 0.25) is 12.7 Å². The fourth-order valence-electron chi connectivity index (χ4n) is 4.04. The molecular weight excluding hydrogens is 346 g/mol. The summed E-state index contributed by atoms with van der Waals surface area (Å²) in [5.74, 6) is 1.63. The molecule has 0 radical (unpaired) electrons. The topological polar surface area (TPSA) is 64.1 Å². The van der Waals surface area contributed by atoms with Gasteiger partial charge in [-0.25, -0.2) is 0 Å². The summed E-state index contributed by atoms with van der Waals surface area (Å²) in [4.78, 5) is 21.1. The Balaban J connectivity index is 1.29. The van der Waals surface area contributed by atoms with Crippen LogP contribution in [-0.4, -0.2) is 59.3 Å². The fraction of sp³-hybridized carbons (Fsp3) is 0.400. The first-order valence-electron chi connectivity index (χ1n) is 9.18. The SMILES string of the molecule is O=C1CO[C@H]2CN(Cc3ccc4c(c3)OCO4)C[C@H]2N1Cc1ccccn1. The number of fused-ring (bicyclic) bond motifs is 2. The second-order valence-corrected chi connectivity index (χ2v) is 7.14. The van der Waals surface area contributed by atoms with Crippen molar-refractivity contribution in [2.24, 2.45) is 0 Å². The summed E-state index contributed by atoms with van der Waals surface area (Å²) >= 11 is 0. The Labute approximate surface area is 157 Å². The second kappa shape index (κ2) is 6.83. The highest BCUT2D eigenvalue weighted by Crippen LogP contribution is 2.33. The predicted octanol–water partition coefficient (Wildman–Crippen LogP) is 1.42. The molecule has 0 aliphatic carbocycles. The number of likely N-dealkylation sites (tertiary alicyclic amines) is 1. The van der Waals surface area contributed by atoms with Crippen LogP contribution in [0, 0.1) is 0 Å². The number of carbonyl (C=O) groups excluding carboxylic acids is 1. The van der Waals surface area contributed by atoms with Crippen LogP contribution >= 0.6 is 0 Å². The molecule has 140 valence electrons. The van der Waals surface area contributed by atoms with Crippen LogP contribution < -0.4 is 9.47 Å². The Kier molecular flexibility index (Phi) is 4.18. The maximum Gasteiger partial charge on any atom is 0.249 e. The number of morpholine rings is 1. The lowest BCUT2D eigenvalue weighted by molar-refractivity contribution is -0.154. The third kappa shape index (κ3) is 3.24. The molecule has 2 aromatic rings. The lowest BCUT2D eigenvalue weighted by atomic mass is 10.1. The Hall–Kier alpha value is -2.64. The van der Waals surface area contributed by atoms with Gasteiger partial charge in [-0.3, -0.25) is 14.7 Å². The van der Waals surface area contributed by atoms with Crippen molar-refractivity contribution in [1.29, 1.82) is 0 Å². The first-order valence-corrected chi connectivity index (χ1v) is 9.18.